The summed E-state index contributed by atoms with van der Waals surface area (Å²) < 4.78 is 5.57. The van der Waals surface area contributed by atoms with Gasteiger partial charge in [-0.05, 0) is 44.4 Å². The third kappa shape index (κ3) is 3.75. The van der Waals surface area contributed by atoms with Crippen LogP contribution in [0.1, 0.15) is 59.8 Å². The van der Waals surface area contributed by atoms with Crippen molar-refractivity contribution in [2.24, 2.45) is 28.1 Å². The molecule has 164 valence electrons. The highest BCUT2D eigenvalue weighted by Crippen LogP contribution is 2.59. The highest BCUT2D eigenvalue weighted by Gasteiger charge is 2.64. The molecule has 3 N–H and O–H groups in total. The lowest BCUT2D eigenvalue weighted by atomic mass is 9.46. The molecular formula is C22H34O7. The number of hydrogen-bond donors (Lipinski definition) is 3. The van der Waals surface area contributed by atoms with Gasteiger partial charge in [0.1, 0.15) is 18.5 Å². The lowest BCUT2D eigenvalue weighted by molar-refractivity contribution is -0.193. The zero-order chi connectivity index (χ0) is 22.2. The standard InChI is InChI=1S/C22H34O7/c1-6-20(4)11-15(29-17(26)12-23)21(5)13(2)7-9-22(19(21)28,10-8-16(24)25)14(3)18(20)27/h6,13-15,18,23,27H,1,7-12H2,2-5H3,(H,24,25)/t13?,14-,15+,18-,20+,21-,22-/m0/s1. The number of carboxylic acid groups (broad SMARTS) is 1. The van der Waals surface area contributed by atoms with E-state index in [1.807, 2.05) is 20.8 Å². The number of ketones is 1. The number of aliphatic hydroxyl groups is 2. The fourth-order valence-electron chi connectivity index (χ4n) is 5.51. The number of rotatable bonds is 6. The molecular weight excluding hydrogens is 376 g/mol. The molecule has 2 fully saturated rings. The zero-order valence-electron chi connectivity index (χ0n) is 17.8. The van der Waals surface area contributed by atoms with Crippen molar-refractivity contribution in [2.75, 3.05) is 6.61 Å². The predicted octanol–water partition coefficient (Wildman–Crippen LogP) is 2.34. The van der Waals surface area contributed by atoms with Gasteiger partial charge in [0.2, 0.25) is 0 Å². The second-order valence-electron chi connectivity index (χ2n) is 9.39. The number of aliphatic carboxylic acids is 1. The number of Topliss-reactive ketones (excluding diaryl/α,β-unsaturated/α-hetero) is 1. The first-order chi connectivity index (χ1) is 13.4. The molecule has 0 aromatic carbocycles. The van der Waals surface area contributed by atoms with Crippen LogP contribution in [0, 0.1) is 28.1 Å². The molecule has 7 atom stereocenters. The number of carbonyl (C=O) groups excluding carboxylic acids is 2. The summed E-state index contributed by atoms with van der Waals surface area (Å²) in [4.78, 5) is 37.3. The van der Waals surface area contributed by atoms with Gasteiger partial charge < -0.3 is 20.1 Å². The summed E-state index contributed by atoms with van der Waals surface area (Å²) in [6, 6.07) is 0. The molecule has 2 saturated carbocycles. The van der Waals surface area contributed by atoms with Crippen molar-refractivity contribution in [3.8, 4) is 0 Å². The molecule has 7 nitrogen and oxygen atoms in total. The average Bonchev–Trinajstić information content (AvgIpc) is 2.69. The van der Waals surface area contributed by atoms with Gasteiger partial charge in [0.25, 0.3) is 0 Å². The maximum absolute atomic E-state index is 14.0. The molecule has 0 aliphatic heterocycles. The van der Waals surface area contributed by atoms with Gasteiger partial charge in [0.05, 0.1) is 11.5 Å². The molecule has 2 aliphatic carbocycles. The van der Waals surface area contributed by atoms with E-state index >= 15 is 0 Å². The van der Waals surface area contributed by atoms with Crippen LogP contribution in [0.25, 0.3) is 0 Å². The summed E-state index contributed by atoms with van der Waals surface area (Å²) in [5.41, 5.74) is -2.94. The highest BCUT2D eigenvalue weighted by molar-refractivity contribution is 5.93. The topological polar surface area (TPSA) is 121 Å². The molecule has 2 aliphatic rings. The fourth-order valence-corrected chi connectivity index (χ4v) is 5.51. The second kappa shape index (κ2) is 8.19. The van der Waals surface area contributed by atoms with Crippen LogP contribution < -0.4 is 0 Å². The molecule has 7 heteroatoms. The molecule has 0 aromatic rings. The zero-order valence-corrected chi connectivity index (χ0v) is 17.8. The summed E-state index contributed by atoms with van der Waals surface area (Å²) in [6.45, 7) is 10.4. The highest BCUT2D eigenvalue weighted by atomic mass is 16.6. The quantitative estimate of drug-likeness (QED) is 0.454. The van der Waals surface area contributed by atoms with E-state index < -0.39 is 52.9 Å². The third-order valence-corrected chi connectivity index (χ3v) is 7.96. The Hall–Kier alpha value is -1.73. The van der Waals surface area contributed by atoms with Crippen LogP contribution in [0.5, 0.6) is 0 Å². The van der Waals surface area contributed by atoms with Crippen LogP contribution in [0.2, 0.25) is 0 Å². The predicted molar refractivity (Wildman–Crippen MR) is 106 cm³/mol. The Bertz CT molecular complexity index is 689. The van der Waals surface area contributed by atoms with Crippen LogP contribution in [-0.2, 0) is 19.1 Å². The van der Waals surface area contributed by atoms with Gasteiger partial charge in [-0.2, -0.15) is 0 Å². The van der Waals surface area contributed by atoms with Gasteiger partial charge in [0.15, 0.2) is 0 Å². The Morgan fingerprint density at radius 3 is 2.45 bits per heavy atom. The van der Waals surface area contributed by atoms with Crippen molar-refractivity contribution in [3.63, 3.8) is 0 Å². The minimum absolute atomic E-state index is 0.110. The third-order valence-electron chi connectivity index (χ3n) is 7.96. The van der Waals surface area contributed by atoms with E-state index in [1.165, 1.54) is 0 Å². The van der Waals surface area contributed by atoms with E-state index in [1.54, 1.807) is 13.0 Å². The number of carboxylic acids is 1. The maximum atomic E-state index is 14.0. The van der Waals surface area contributed by atoms with Crippen LogP contribution in [0.4, 0.5) is 0 Å². The summed E-state index contributed by atoms with van der Waals surface area (Å²) >= 11 is 0. The van der Waals surface area contributed by atoms with E-state index in [2.05, 4.69) is 6.58 Å². The molecule has 0 radical (unpaired) electrons. The van der Waals surface area contributed by atoms with Crippen LogP contribution in [0.15, 0.2) is 12.7 Å². The first-order valence-corrected chi connectivity index (χ1v) is 10.3. The first kappa shape index (κ1) is 23.5. The van der Waals surface area contributed by atoms with Gasteiger partial charge in [-0.1, -0.05) is 26.8 Å². The van der Waals surface area contributed by atoms with Crippen molar-refractivity contribution < 1.29 is 34.4 Å². The van der Waals surface area contributed by atoms with E-state index in [4.69, 9.17) is 4.74 Å². The van der Waals surface area contributed by atoms with E-state index in [-0.39, 0.29) is 31.0 Å². The minimum Gasteiger partial charge on any atom is -0.481 e. The molecule has 2 rings (SSSR count). The Kier molecular flexibility index (Phi) is 6.65. The number of carbonyl (C=O) groups is 3. The largest absolute Gasteiger partial charge is 0.481 e. The molecule has 0 aromatic heterocycles. The Morgan fingerprint density at radius 1 is 1.31 bits per heavy atom. The van der Waals surface area contributed by atoms with Crippen molar-refractivity contribution in [1.82, 2.24) is 0 Å². The second-order valence-corrected chi connectivity index (χ2v) is 9.39. The summed E-state index contributed by atoms with van der Waals surface area (Å²) in [5, 5.41) is 29.8. The normalized spacial score (nSPS) is 42.5. The van der Waals surface area contributed by atoms with Gasteiger partial charge in [-0.15, -0.1) is 6.58 Å². The van der Waals surface area contributed by atoms with Gasteiger partial charge in [-0.3, -0.25) is 9.59 Å². The Balaban J connectivity index is 2.68. The number of hydrogen-bond acceptors (Lipinski definition) is 6. The van der Waals surface area contributed by atoms with Gasteiger partial charge >= 0.3 is 11.9 Å². The maximum Gasteiger partial charge on any atom is 0.332 e. The molecule has 1 unspecified atom stereocenters. The van der Waals surface area contributed by atoms with Gasteiger partial charge in [0, 0.05) is 17.3 Å². The number of esters is 1. The molecule has 0 amide bonds. The van der Waals surface area contributed by atoms with Crippen molar-refractivity contribution in [1.29, 1.82) is 0 Å². The summed E-state index contributed by atoms with van der Waals surface area (Å²) in [7, 11) is 0. The average molecular weight is 411 g/mol. The van der Waals surface area contributed by atoms with E-state index in [0.29, 0.717) is 12.8 Å². The van der Waals surface area contributed by atoms with Crippen LogP contribution in [-0.4, -0.2) is 51.9 Å². The Labute approximate surface area is 172 Å². The van der Waals surface area contributed by atoms with Crippen molar-refractivity contribution >= 4 is 17.7 Å². The smallest absolute Gasteiger partial charge is 0.332 e. The van der Waals surface area contributed by atoms with Crippen molar-refractivity contribution in [3.05, 3.63) is 12.7 Å². The van der Waals surface area contributed by atoms with Crippen LogP contribution in [0.3, 0.4) is 0 Å². The van der Waals surface area contributed by atoms with Crippen molar-refractivity contribution in [2.45, 2.75) is 72.0 Å². The van der Waals surface area contributed by atoms with Crippen LogP contribution >= 0.6 is 0 Å². The lowest BCUT2D eigenvalue weighted by Crippen LogP contribution is -2.64. The minimum atomic E-state index is -1.06. The van der Waals surface area contributed by atoms with E-state index in [0.717, 1.165) is 0 Å². The monoisotopic (exact) mass is 410 g/mol. The first-order valence-electron chi connectivity index (χ1n) is 10.3. The van der Waals surface area contributed by atoms with E-state index in [9.17, 15) is 29.7 Å². The lowest BCUT2D eigenvalue weighted by Gasteiger charge is -2.58. The number of ether oxygens (including phenoxy) is 1. The summed E-state index contributed by atoms with van der Waals surface area (Å²) in [5.74, 6) is -2.57. The number of fused-ring (bicyclic) bond motifs is 2. The molecule has 0 saturated heterocycles. The molecule has 0 spiro atoms. The summed E-state index contributed by atoms with van der Waals surface area (Å²) in [6.07, 6.45) is 1.05. The van der Waals surface area contributed by atoms with Gasteiger partial charge in [-0.25, -0.2) is 4.79 Å². The molecule has 0 heterocycles. The molecule has 2 bridgehead atoms. The fraction of sp³-hybridized carbons (Fsp3) is 0.773. The number of aliphatic hydroxyl groups excluding tert-OH is 2. The molecule has 29 heavy (non-hydrogen) atoms. The SMILES string of the molecule is C=C[C@]1(C)C[C@@H](OC(=O)CO)[C@@]2(C)C(=O)[C@](CCC(=O)O)(CCC2C)[C@@H](C)[C@@H]1O. The Morgan fingerprint density at radius 2 is 1.93 bits per heavy atom.